The topological polar surface area (TPSA) is 100 Å². The summed E-state index contributed by atoms with van der Waals surface area (Å²) in [5.74, 6) is 0.938. The minimum atomic E-state index is -3.12. The maximum Gasteiger partial charge on any atom is 0.407 e. The predicted octanol–water partition coefficient (Wildman–Crippen LogP) is 2.01. The lowest BCUT2D eigenvalue weighted by Gasteiger charge is -2.39. The smallest absolute Gasteiger partial charge is 0.407 e. The van der Waals surface area contributed by atoms with E-state index < -0.39 is 26.3 Å². The van der Waals surface area contributed by atoms with Gasteiger partial charge in [-0.05, 0) is 47.5 Å². The number of ether oxygens (including phenoxy) is 1. The van der Waals surface area contributed by atoms with E-state index in [0.29, 0.717) is 32.1 Å². The molecule has 1 aliphatic heterocycles. The van der Waals surface area contributed by atoms with Crippen molar-refractivity contribution in [3.05, 3.63) is 0 Å². The Kier molecular flexibility index (Phi) is 8.17. The Balaban J connectivity index is 2.90. The number of carbonyl (C=O) groups excluding carboxylic acids is 1. The minimum Gasteiger partial charge on any atom is -0.444 e. The van der Waals surface area contributed by atoms with Crippen molar-refractivity contribution in [3.63, 3.8) is 0 Å². The van der Waals surface area contributed by atoms with Crippen LogP contribution >= 0.6 is 0 Å². The largest absolute Gasteiger partial charge is 0.444 e. The summed E-state index contributed by atoms with van der Waals surface area (Å²) in [7, 11) is -3.12. The average molecular weight is 419 g/mol. The number of hydrogen-bond acceptors (Lipinski definition) is 5. The molecule has 1 atom stereocenters. The third-order valence-corrected chi connectivity index (χ3v) is 7.16. The molecule has 0 aromatic heterocycles. The fourth-order valence-electron chi connectivity index (χ4n) is 2.82. The van der Waals surface area contributed by atoms with Crippen molar-refractivity contribution in [1.82, 2.24) is 15.5 Å². The first kappa shape index (κ1) is 24.5. The minimum absolute atomic E-state index is 0.105. The number of nitrogens with zero attached hydrogens (tertiary/aromatic N) is 2. The van der Waals surface area contributed by atoms with Crippen molar-refractivity contribution in [1.29, 1.82) is 0 Å². The molecule has 164 valence electrons. The number of aliphatic imine (C=N–C) groups is 1. The summed E-state index contributed by atoms with van der Waals surface area (Å²) in [5.41, 5.74) is -0.561. The van der Waals surface area contributed by atoms with Crippen LogP contribution in [0.25, 0.3) is 0 Å². The molecule has 1 amide bonds. The Morgan fingerprint density at radius 1 is 1.29 bits per heavy atom. The molecule has 0 spiro atoms. The Morgan fingerprint density at radius 3 is 2.36 bits per heavy atom. The van der Waals surface area contributed by atoms with Crippen LogP contribution in [-0.2, 0) is 14.6 Å². The number of carbonyl (C=O) groups is 1. The summed E-state index contributed by atoms with van der Waals surface area (Å²) < 4.78 is 29.1. The molecule has 1 unspecified atom stereocenters. The summed E-state index contributed by atoms with van der Waals surface area (Å²) in [4.78, 5) is 18.8. The fraction of sp³-hybridized carbons (Fsp3) is 0.895. The number of guanidine groups is 1. The normalized spacial score (nSPS) is 20.6. The highest BCUT2D eigenvalue weighted by Gasteiger charge is 2.41. The molecule has 0 saturated carbocycles. The van der Waals surface area contributed by atoms with Crippen molar-refractivity contribution in [2.75, 3.05) is 31.9 Å². The molecule has 2 N–H and O–H groups in total. The van der Waals surface area contributed by atoms with E-state index >= 15 is 0 Å². The van der Waals surface area contributed by atoms with E-state index in [-0.39, 0.29) is 17.7 Å². The number of alkyl carbamates (subject to hydrolysis) is 1. The van der Waals surface area contributed by atoms with E-state index in [4.69, 9.17) is 4.74 Å². The zero-order valence-corrected chi connectivity index (χ0v) is 19.4. The van der Waals surface area contributed by atoms with Crippen LogP contribution in [0.15, 0.2) is 4.99 Å². The molecule has 0 aliphatic carbocycles. The third kappa shape index (κ3) is 7.14. The SMILES string of the molecule is CCNC(=NCC(NC(=O)OC(C)(C)C)C(C)C)N1CCS(=O)(=O)C(C)(C)C1. The van der Waals surface area contributed by atoms with E-state index in [2.05, 4.69) is 15.6 Å². The molecule has 1 rings (SSSR count). The van der Waals surface area contributed by atoms with Crippen LogP contribution in [0.4, 0.5) is 4.79 Å². The number of hydrogen-bond donors (Lipinski definition) is 2. The van der Waals surface area contributed by atoms with Gasteiger partial charge in [-0.25, -0.2) is 13.2 Å². The number of rotatable bonds is 5. The summed E-state index contributed by atoms with van der Waals surface area (Å²) in [5, 5.41) is 6.13. The molecule has 0 bridgehead atoms. The Hall–Kier alpha value is -1.51. The van der Waals surface area contributed by atoms with Gasteiger partial charge in [0.25, 0.3) is 0 Å². The van der Waals surface area contributed by atoms with Crippen molar-refractivity contribution in [2.45, 2.75) is 71.8 Å². The van der Waals surface area contributed by atoms with Gasteiger partial charge in [0.15, 0.2) is 15.8 Å². The number of sulfone groups is 1. The van der Waals surface area contributed by atoms with Gasteiger partial charge in [0, 0.05) is 19.6 Å². The highest BCUT2D eigenvalue weighted by atomic mass is 32.2. The summed E-state index contributed by atoms with van der Waals surface area (Å²) >= 11 is 0. The van der Waals surface area contributed by atoms with E-state index in [0.717, 1.165) is 0 Å². The van der Waals surface area contributed by atoms with Crippen LogP contribution in [0.5, 0.6) is 0 Å². The second kappa shape index (κ2) is 9.33. The molecule has 0 aromatic rings. The molecule has 1 saturated heterocycles. The predicted molar refractivity (Wildman–Crippen MR) is 113 cm³/mol. The lowest BCUT2D eigenvalue weighted by atomic mass is 10.1. The summed E-state index contributed by atoms with van der Waals surface area (Å²) in [6, 6.07) is -0.190. The van der Waals surface area contributed by atoms with Gasteiger partial charge in [-0.1, -0.05) is 13.8 Å². The van der Waals surface area contributed by atoms with Gasteiger partial charge < -0.3 is 20.3 Å². The average Bonchev–Trinajstić information content (AvgIpc) is 2.50. The lowest BCUT2D eigenvalue weighted by Crippen LogP contribution is -2.57. The summed E-state index contributed by atoms with van der Waals surface area (Å²) in [6.45, 7) is 16.8. The quantitative estimate of drug-likeness (QED) is 0.523. The van der Waals surface area contributed by atoms with Crippen molar-refractivity contribution in [2.24, 2.45) is 10.9 Å². The second-order valence-electron chi connectivity index (χ2n) is 9.19. The molecule has 8 nitrogen and oxygen atoms in total. The molecule has 9 heteroatoms. The number of amides is 1. The van der Waals surface area contributed by atoms with Gasteiger partial charge >= 0.3 is 6.09 Å². The van der Waals surface area contributed by atoms with Gasteiger partial charge in [-0.3, -0.25) is 4.99 Å². The maximum atomic E-state index is 12.3. The molecular weight excluding hydrogens is 380 g/mol. The van der Waals surface area contributed by atoms with E-state index in [1.807, 2.05) is 46.4 Å². The van der Waals surface area contributed by atoms with Crippen LogP contribution in [0, 0.1) is 5.92 Å². The highest BCUT2D eigenvalue weighted by molar-refractivity contribution is 7.92. The third-order valence-electron chi connectivity index (χ3n) is 4.62. The van der Waals surface area contributed by atoms with Crippen molar-refractivity contribution in [3.8, 4) is 0 Å². The molecule has 28 heavy (non-hydrogen) atoms. The van der Waals surface area contributed by atoms with Crippen LogP contribution in [0.1, 0.15) is 55.4 Å². The van der Waals surface area contributed by atoms with Gasteiger partial charge in [-0.2, -0.15) is 0 Å². The maximum absolute atomic E-state index is 12.3. The fourth-order valence-corrected chi connectivity index (χ4v) is 4.18. The Labute approximate surface area is 170 Å². The first-order chi connectivity index (χ1) is 12.7. The monoisotopic (exact) mass is 418 g/mol. The Bertz CT molecular complexity index is 666. The molecule has 0 radical (unpaired) electrons. The molecule has 0 aromatic carbocycles. The van der Waals surface area contributed by atoms with Gasteiger partial charge in [0.1, 0.15) is 5.60 Å². The number of nitrogens with one attached hydrogen (secondary N) is 2. The van der Waals surface area contributed by atoms with Crippen LogP contribution in [0.3, 0.4) is 0 Å². The van der Waals surface area contributed by atoms with Gasteiger partial charge in [0.2, 0.25) is 0 Å². The van der Waals surface area contributed by atoms with Crippen LogP contribution < -0.4 is 10.6 Å². The molecule has 1 aliphatic rings. The van der Waals surface area contributed by atoms with Crippen LogP contribution in [0.2, 0.25) is 0 Å². The van der Waals surface area contributed by atoms with Crippen molar-refractivity contribution < 1.29 is 17.9 Å². The van der Waals surface area contributed by atoms with Crippen molar-refractivity contribution >= 4 is 21.9 Å². The van der Waals surface area contributed by atoms with E-state index in [9.17, 15) is 13.2 Å². The molecule has 1 heterocycles. The lowest BCUT2D eigenvalue weighted by molar-refractivity contribution is 0.0493. The molecule has 1 fully saturated rings. The zero-order chi connectivity index (χ0) is 21.8. The first-order valence-electron chi connectivity index (χ1n) is 9.93. The zero-order valence-electron chi connectivity index (χ0n) is 18.6. The van der Waals surface area contributed by atoms with Crippen LogP contribution in [-0.4, -0.2) is 73.7 Å². The van der Waals surface area contributed by atoms with E-state index in [1.165, 1.54) is 0 Å². The Morgan fingerprint density at radius 2 is 1.89 bits per heavy atom. The second-order valence-corrected chi connectivity index (χ2v) is 11.9. The summed E-state index contributed by atoms with van der Waals surface area (Å²) in [6.07, 6.45) is -0.461. The first-order valence-corrected chi connectivity index (χ1v) is 11.6. The molecular formula is C19H38N4O4S. The van der Waals surface area contributed by atoms with Gasteiger partial charge in [-0.15, -0.1) is 0 Å². The van der Waals surface area contributed by atoms with E-state index in [1.54, 1.807) is 13.8 Å². The van der Waals surface area contributed by atoms with Gasteiger partial charge in [0.05, 0.1) is 23.1 Å². The highest BCUT2D eigenvalue weighted by Crippen LogP contribution is 2.23. The standard InChI is InChI=1S/C19H38N4O4S/c1-9-20-16(23-10-11-28(25,26)19(7,8)13-23)21-12-15(14(2)3)22-17(24)27-18(4,5)6/h14-15H,9-13H2,1-8H3,(H,20,21)(H,22,24).